The van der Waals surface area contributed by atoms with Crippen molar-refractivity contribution < 1.29 is 40.7 Å². The Bertz CT molecular complexity index is 1620. The molecule has 0 bridgehead atoms. The summed E-state index contributed by atoms with van der Waals surface area (Å²) in [7, 11) is -2.78. The number of amides is 2. The largest absolute Gasteiger partial charge is 0.484 e. The van der Waals surface area contributed by atoms with Gasteiger partial charge in [0.05, 0.1) is 29.2 Å². The predicted octanol–water partition coefficient (Wildman–Crippen LogP) is 2.35. The van der Waals surface area contributed by atoms with Crippen molar-refractivity contribution in [2.45, 2.75) is 37.9 Å². The van der Waals surface area contributed by atoms with Crippen LogP contribution in [-0.4, -0.2) is 67.2 Å². The zero-order chi connectivity index (χ0) is 29.6. The first kappa shape index (κ1) is 28.5. The van der Waals surface area contributed by atoms with E-state index < -0.39 is 45.9 Å². The number of alkyl halides is 3. The lowest BCUT2D eigenvalue weighted by Crippen LogP contribution is -2.50. The average Bonchev–Trinajstić information content (AvgIpc) is 3.45. The number of aromatic nitrogens is 3. The van der Waals surface area contributed by atoms with Crippen molar-refractivity contribution in [2.24, 2.45) is 0 Å². The summed E-state index contributed by atoms with van der Waals surface area (Å²) >= 11 is 0. The van der Waals surface area contributed by atoms with E-state index in [1.54, 1.807) is 24.4 Å². The van der Waals surface area contributed by atoms with E-state index in [0.29, 0.717) is 18.4 Å². The van der Waals surface area contributed by atoms with Gasteiger partial charge in [-0.25, -0.2) is 22.8 Å². The molecule has 15 heteroatoms. The minimum Gasteiger partial charge on any atom is -0.484 e. The van der Waals surface area contributed by atoms with Crippen LogP contribution in [0.1, 0.15) is 49.7 Å². The van der Waals surface area contributed by atoms with Gasteiger partial charge in [0.25, 0.3) is 11.8 Å². The molecule has 1 aliphatic carbocycles. The summed E-state index contributed by atoms with van der Waals surface area (Å²) in [4.78, 5) is 31.3. The van der Waals surface area contributed by atoms with Crippen molar-refractivity contribution in [3.05, 3.63) is 70.2 Å². The van der Waals surface area contributed by atoms with Crippen LogP contribution in [-0.2, 0) is 33.1 Å². The highest BCUT2D eigenvalue weighted by atomic mass is 32.2. The van der Waals surface area contributed by atoms with Crippen LogP contribution in [0.3, 0.4) is 0 Å². The number of nitrogens with zero attached hydrogens (tertiary/aromatic N) is 3. The number of pyridine rings is 1. The number of methoxy groups -OCH3 is 1. The number of rotatable bonds is 8. The molecule has 0 saturated heterocycles. The second-order valence-corrected chi connectivity index (χ2v) is 11.8. The van der Waals surface area contributed by atoms with Gasteiger partial charge in [-0.05, 0) is 54.7 Å². The molecule has 0 unspecified atom stereocenters. The highest BCUT2D eigenvalue weighted by Gasteiger charge is 2.47. The minimum atomic E-state index is -4.48. The molecule has 2 aliphatic rings. The van der Waals surface area contributed by atoms with Gasteiger partial charge in [0.1, 0.15) is 11.4 Å². The third kappa shape index (κ3) is 5.77. The number of nitrogens with one attached hydrogen (secondary N) is 2. The van der Waals surface area contributed by atoms with Crippen LogP contribution < -0.4 is 14.8 Å². The van der Waals surface area contributed by atoms with Crippen molar-refractivity contribution in [2.75, 3.05) is 26.1 Å². The second kappa shape index (κ2) is 10.4. The minimum absolute atomic E-state index is 0.0595. The summed E-state index contributed by atoms with van der Waals surface area (Å²) in [5.41, 5.74) is 1.19. The van der Waals surface area contributed by atoms with Gasteiger partial charge < -0.3 is 14.8 Å². The lowest BCUT2D eigenvalue weighted by Gasteiger charge is -2.35. The summed E-state index contributed by atoms with van der Waals surface area (Å²) in [6.45, 7) is 0.244. The van der Waals surface area contributed by atoms with E-state index >= 15 is 0 Å². The van der Waals surface area contributed by atoms with E-state index in [4.69, 9.17) is 9.47 Å². The molecule has 41 heavy (non-hydrogen) atoms. The van der Waals surface area contributed by atoms with Gasteiger partial charge in [-0.1, -0.05) is 12.1 Å². The number of hydrogen-bond donors (Lipinski definition) is 2. The Morgan fingerprint density at radius 1 is 1.24 bits per heavy atom. The highest BCUT2D eigenvalue weighted by Crippen LogP contribution is 2.44. The highest BCUT2D eigenvalue weighted by molar-refractivity contribution is 7.90. The Morgan fingerprint density at radius 2 is 2.02 bits per heavy atom. The Kier molecular flexibility index (Phi) is 7.27. The predicted molar refractivity (Wildman–Crippen MR) is 138 cm³/mol. The van der Waals surface area contributed by atoms with Crippen LogP contribution in [0.25, 0.3) is 5.82 Å². The third-order valence-corrected chi connectivity index (χ3v) is 8.16. The smallest absolute Gasteiger partial charge is 0.422 e. The molecule has 0 fully saturated rings. The van der Waals surface area contributed by atoms with E-state index in [2.05, 4.69) is 15.4 Å². The molecule has 1 aromatic carbocycles. The Morgan fingerprint density at radius 3 is 2.71 bits per heavy atom. The maximum Gasteiger partial charge on any atom is 0.422 e. The first-order valence-electron chi connectivity index (χ1n) is 12.5. The number of aryl methyl sites for hydroxylation is 2. The van der Waals surface area contributed by atoms with E-state index in [9.17, 15) is 31.2 Å². The fraction of sp³-hybridized carbons (Fsp3) is 0.385. The molecule has 3 heterocycles. The standard InChI is InChI=1S/C26H26F3N5O6S/c1-15-3-6-20(30-13-15)34-22(24(36)33-41(37,38)10-9-39-2)21-19(32-34)12-25(31-23(21)35)8-7-16-11-17(4-5-18(16)25)40-14-26(27,28)29/h3-6,11,13H,7-10,12,14H2,1-2H3,(H,31,35)(H,33,36)/t25-/m0/s1. The average molecular weight is 594 g/mol. The molecule has 2 N–H and O–H groups in total. The lowest BCUT2D eigenvalue weighted by atomic mass is 9.82. The van der Waals surface area contributed by atoms with Crippen LogP contribution in [0.15, 0.2) is 36.5 Å². The number of fused-ring (bicyclic) bond motifs is 3. The van der Waals surface area contributed by atoms with Crippen LogP contribution in [0, 0.1) is 6.92 Å². The van der Waals surface area contributed by atoms with Crippen LogP contribution in [0.5, 0.6) is 5.75 Å². The fourth-order valence-corrected chi connectivity index (χ4v) is 5.99. The number of carbonyl (C=O) groups excluding carboxylic acids is 2. The summed E-state index contributed by atoms with van der Waals surface area (Å²) in [6.07, 6.45) is -1.90. The van der Waals surface area contributed by atoms with Gasteiger partial charge in [-0.15, -0.1) is 0 Å². The van der Waals surface area contributed by atoms with Gasteiger partial charge in [0.2, 0.25) is 10.0 Å². The van der Waals surface area contributed by atoms with E-state index in [1.807, 2.05) is 11.6 Å². The van der Waals surface area contributed by atoms with Gasteiger partial charge in [-0.2, -0.15) is 18.3 Å². The summed E-state index contributed by atoms with van der Waals surface area (Å²) < 4.78 is 75.6. The topological polar surface area (TPSA) is 142 Å². The SMILES string of the molecule is COCCS(=O)(=O)NC(=O)c1c2c(nn1-c1ccc(C)cn1)C[C@]1(CCc3cc(OCC(F)(F)F)ccc31)NC2=O. The third-order valence-electron chi connectivity index (χ3n) is 6.96. The molecule has 1 spiro atoms. The van der Waals surface area contributed by atoms with Gasteiger partial charge >= 0.3 is 6.18 Å². The molecule has 1 atom stereocenters. The van der Waals surface area contributed by atoms with Crippen LogP contribution in [0.2, 0.25) is 0 Å². The summed E-state index contributed by atoms with van der Waals surface area (Å²) in [6, 6.07) is 7.88. The van der Waals surface area contributed by atoms with E-state index in [-0.39, 0.29) is 41.5 Å². The van der Waals surface area contributed by atoms with E-state index in [0.717, 1.165) is 15.8 Å². The van der Waals surface area contributed by atoms with Crippen LogP contribution in [0.4, 0.5) is 13.2 Å². The lowest BCUT2D eigenvalue weighted by molar-refractivity contribution is -0.153. The Balaban J connectivity index is 1.53. The molecule has 3 aromatic rings. The van der Waals surface area contributed by atoms with Crippen LogP contribution >= 0.6 is 0 Å². The van der Waals surface area contributed by atoms with Gasteiger partial charge in [0.15, 0.2) is 12.4 Å². The van der Waals surface area contributed by atoms with Crippen molar-refractivity contribution in [1.29, 1.82) is 0 Å². The zero-order valence-electron chi connectivity index (χ0n) is 22.0. The first-order chi connectivity index (χ1) is 19.3. The fourth-order valence-electron chi connectivity index (χ4n) is 5.12. The quantitative estimate of drug-likeness (QED) is 0.406. The van der Waals surface area contributed by atoms with Gasteiger partial charge in [0, 0.05) is 19.7 Å². The van der Waals surface area contributed by atoms with Crippen molar-refractivity contribution in [1.82, 2.24) is 24.8 Å². The number of hydrogen-bond acceptors (Lipinski definition) is 8. The van der Waals surface area contributed by atoms with Crippen molar-refractivity contribution in [3.63, 3.8) is 0 Å². The molecule has 0 radical (unpaired) electrons. The second-order valence-electron chi connectivity index (χ2n) is 9.95. The summed E-state index contributed by atoms with van der Waals surface area (Å²) in [5, 5.41) is 7.51. The molecule has 1 aliphatic heterocycles. The molecule has 2 amide bonds. The molecule has 2 aromatic heterocycles. The maximum atomic E-state index is 13.6. The maximum absolute atomic E-state index is 13.6. The first-order valence-corrected chi connectivity index (χ1v) is 14.2. The summed E-state index contributed by atoms with van der Waals surface area (Å²) in [5.74, 6) is -1.92. The van der Waals surface area contributed by atoms with Gasteiger partial charge in [-0.3, -0.25) is 9.59 Å². The van der Waals surface area contributed by atoms with Crippen molar-refractivity contribution in [3.8, 4) is 11.6 Å². The molecular weight excluding hydrogens is 567 g/mol. The van der Waals surface area contributed by atoms with E-state index in [1.165, 1.54) is 19.2 Å². The zero-order valence-corrected chi connectivity index (χ0v) is 22.9. The molecule has 11 nitrogen and oxygen atoms in total. The normalized spacial score (nSPS) is 18.1. The molecule has 5 rings (SSSR count). The Hall–Kier alpha value is -3.98. The number of carbonyl (C=O) groups is 2. The monoisotopic (exact) mass is 593 g/mol. The number of ether oxygens (including phenoxy) is 2. The number of sulfonamides is 1. The molecule has 218 valence electrons. The number of benzene rings is 1. The number of halogens is 3. The molecular formula is C26H26F3N5O6S. The molecule has 0 saturated carbocycles. The van der Waals surface area contributed by atoms with Crippen molar-refractivity contribution >= 4 is 21.8 Å². The Labute approximate surface area is 233 Å².